The number of likely N-dealkylation sites (tertiary alicyclic amines) is 3. The first-order valence-electron chi connectivity index (χ1n) is 8.73. The summed E-state index contributed by atoms with van der Waals surface area (Å²) in [6, 6.07) is -0.499. The molecule has 0 aromatic carbocycles. The Hall–Kier alpha value is -1.31. The van der Waals surface area contributed by atoms with Crippen LogP contribution in [0.2, 0.25) is 0 Å². The molecular weight excluding hydrogens is 323 g/mol. The minimum absolute atomic E-state index is 0.124. The number of carbonyl (C=O) groups excluding carboxylic acids is 2. The van der Waals surface area contributed by atoms with Crippen LogP contribution in [-0.2, 0) is 9.59 Å². The van der Waals surface area contributed by atoms with Gasteiger partial charge in [0.1, 0.15) is 6.54 Å². The highest BCUT2D eigenvalue weighted by Crippen LogP contribution is 2.28. The van der Waals surface area contributed by atoms with Gasteiger partial charge in [-0.3, -0.25) is 14.5 Å². The molecule has 3 saturated heterocycles. The van der Waals surface area contributed by atoms with Crippen molar-refractivity contribution in [2.24, 2.45) is 5.92 Å². The van der Waals surface area contributed by atoms with E-state index in [2.05, 4.69) is 0 Å². The highest BCUT2D eigenvalue weighted by atomic mass is 19.4. The molecule has 8 heteroatoms. The van der Waals surface area contributed by atoms with Crippen LogP contribution in [0.15, 0.2) is 0 Å². The Morgan fingerprint density at radius 3 is 2.42 bits per heavy atom. The molecule has 5 nitrogen and oxygen atoms in total. The van der Waals surface area contributed by atoms with Gasteiger partial charge < -0.3 is 9.80 Å². The normalized spacial score (nSPS) is 29.5. The Kier molecular flexibility index (Phi) is 5.03. The highest BCUT2D eigenvalue weighted by molar-refractivity contribution is 5.84. The van der Waals surface area contributed by atoms with Gasteiger partial charge in [-0.25, -0.2) is 0 Å². The number of amides is 2. The number of nitrogens with zero attached hydrogens (tertiary/aromatic N) is 3. The first kappa shape index (κ1) is 17.5. The molecule has 0 aliphatic carbocycles. The molecule has 0 spiro atoms. The third-order valence-electron chi connectivity index (χ3n) is 5.30. The van der Waals surface area contributed by atoms with E-state index >= 15 is 0 Å². The monoisotopic (exact) mass is 347 g/mol. The average molecular weight is 347 g/mol. The molecule has 3 fully saturated rings. The predicted octanol–water partition coefficient (Wildman–Crippen LogP) is 1.48. The lowest BCUT2D eigenvalue weighted by molar-refractivity contribution is -0.159. The number of carbonyl (C=O) groups is 2. The van der Waals surface area contributed by atoms with Crippen molar-refractivity contribution >= 4 is 11.8 Å². The van der Waals surface area contributed by atoms with Gasteiger partial charge in [-0.05, 0) is 38.6 Å². The quantitative estimate of drug-likeness (QED) is 0.777. The standard InChI is InChI=1S/C16H24F3N3O2/c17-16(18,19)11-22-9-5-13(15(22)24)21-8-3-4-12(10-21)14(23)20-6-1-2-7-20/h12-13H,1-11H2/t12-,13-/m1/s1. The summed E-state index contributed by atoms with van der Waals surface area (Å²) in [5.41, 5.74) is 0. The number of piperidine rings is 1. The Balaban J connectivity index is 1.58. The lowest BCUT2D eigenvalue weighted by Gasteiger charge is -2.36. The van der Waals surface area contributed by atoms with Crippen molar-refractivity contribution in [1.29, 1.82) is 0 Å². The van der Waals surface area contributed by atoms with Crippen LogP contribution in [0, 0.1) is 5.92 Å². The number of rotatable bonds is 3. The maximum Gasteiger partial charge on any atom is 0.406 e. The second-order valence-electron chi connectivity index (χ2n) is 7.05. The van der Waals surface area contributed by atoms with E-state index in [0.29, 0.717) is 19.5 Å². The average Bonchev–Trinajstić information content (AvgIpc) is 3.17. The van der Waals surface area contributed by atoms with E-state index in [-0.39, 0.29) is 18.4 Å². The third-order valence-corrected chi connectivity index (χ3v) is 5.30. The summed E-state index contributed by atoms with van der Waals surface area (Å²) in [6.07, 6.45) is -0.252. The molecule has 0 saturated carbocycles. The van der Waals surface area contributed by atoms with E-state index in [9.17, 15) is 22.8 Å². The van der Waals surface area contributed by atoms with E-state index in [1.54, 1.807) is 0 Å². The van der Waals surface area contributed by atoms with Gasteiger partial charge in [-0.15, -0.1) is 0 Å². The second kappa shape index (κ2) is 6.90. The molecule has 2 atom stereocenters. The van der Waals surface area contributed by atoms with Gasteiger partial charge in [-0.1, -0.05) is 0 Å². The lowest BCUT2D eigenvalue weighted by Crippen LogP contribution is -2.50. The van der Waals surface area contributed by atoms with Crippen LogP contribution in [0.3, 0.4) is 0 Å². The van der Waals surface area contributed by atoms with E-state index < -0.39 is 24.7 Å². The first-order valence-corrected chi connectivity index (χ1v) is 8.73. The Bertz CT molecular complexity index is 491. The summed E-state index contributed by atoms with van der Waals surface area (Å²) < 4.78 is 37.6. The molecular formula is C16H24F3N3O2. The van der Waals surface area contributed by atoms with Gasteiger partial charge in [0.25, 0.3) is 0 Å². The second-order valence-corrected chi connectivity index (χ2v) is 7.05. The smallest absolute Gasteiger partial charge is 0.342 e. The van der Waals surface area contributed by atoms with E-state index in [4.69, 9.17) is 0 Å². The molecule has 0 bridgehead atoms. The molecule has 0 N–H and O–H groups in total. The minimum atomic E-state index is -4.36. The van der Waals surface area contributed by atoms with Gasteiger partial charge in [0.05, 0.1) is 12.0 Å². The van der Waals surface area contributed by atoms with Gasteiger partial charge in [0, 0.05) is 26.2 Å². The molecule has 3 heterocycles. The van der Waals surface area contributed by atoms with Crippen molar-refractivity contribution < 1.29 is 22.8 Å². The summed E-state index contributed by atoms with van der Waals surface area (Å²) in [6.45, 7) is 1.75. The predicted molar refractivity (Wildman–Crippen MR) is 81.2 cm³/mol. The van der Waals surface area contributed by atoms with Crippen molar-refractivity contribution in [2.45, 2.75) is 44.3 Å². The fourth-order valence-corrected chi connectivity index (χ4v) is 4.12. The molecule has 3 aliphatic heterocycles. The van der Waals surface area contributed by atoms with Crippen molar-refractivity contribution in [3.05, 3.63) is 0 Å². The lowest BCUT2D eigenvalue weighted by atomic mass is 9.95. The van der Waals surface area contributed by atoms with Gasteiger partial charge in [0.2, 0.25) is 11.8 Å². The molecule has 136 valence electrons. The SMILES string of the molecule is O=C([C@@H]1CCCN([C@@H]2CCN(CC(F)(F)F)C2=O)C1)N1CCCC1. The van der Waals surface area contributed by atoms with Crippen molar-refractivity contribution in [2.75, 3.05) is 39.3 Å². The molecule has 24 heavy (non-hydrogen) atoms. The van der Waals surface area contributed by atoms with Crippen LogP contribution >= 0.6 is 0 Å². The molecule has 0 aromatic rings. The number of halogens is 3. The van der Waals surface area contributed by atoms with Crippen LogP contribution in [0.5, 0.6) is 0 Å². The summed E-state index contributed by atoms with van der Waals surface area (Å²) >= 11 is 0. The molecule has 0 aromatic heterocycles. The number of hydrogen-bond acceptors (Lipinski definition) is 3. The fourth-order valence-electron chi connectivity index (χ4n) is 4.12. The first-order chi connectivity index (χ1) is 11.3. The van der Waals surface area contributed by atoms with Crippen LogP contribution < -0.4 is 0 Å². The van der Waals surface area contributed by atoms with Gasteiger partial charge >= 0.3 is 6.18 Å². The summed E-state index contributed by atoms with van der Waals surface area (Å²) in [7, 11) is 0. The largest absolute Gasteiger partial charge is 0.406 e. The molecule has 2 amide bonds. The summed E-state index contributed by atoms with van der Waals surface area (Å²) in [5.74, 6) is -0.419. The number of alkyl halides is 3. The van der Waals surface area contributed by atoms with E-state index in [0.717, 1.165) is 43.7 Å². The third kappa shape index (κ3) is 3.84. The maximum absolute atomic E-state index is 12.5. The molecule has 3 aliphatic rings. The van der Waals surface area contributed by atoms with Crippen LogP contribution in [0.25, 0.3) is 0 Å². The van der Waals surface area contributed by atoms with E-state index in [1.807, 2.05) is 9.80 Å². The molecule has 3 rings (SSSR count). The molecule has 0 radical (unpaired) electrons. The summed E-state index contributed by atoms with van der Waals surface area (Å²) in [4.78, 5) is 29.6. The zero-order chi connectivity index (χ0) is 17.3. The zero-order valence-corrected chi connectivity index (χ0v) is 13.7. The van der Waals surface area contributed by atoms with Gasteiger partial charge in [0.15, 0.2) is 0 Å². The highest BCUT2D eigenvalue weighted by Gasteiger charge is 2.43. The van der Waals surface area contributed by atoms with Gasteiger partial charge in [-0.2, -0.15) is 13.2 Å². The Morgan fingerprint density at radius 2 is 1.75 bits per heavy atom. The van der Waals surface area contributed by atoms with E-state index in [1.165, 1.54) is 0 Å². The topological polar surface area (TPSA) is 43.9 Å². The number of hydrogen-bond donors (Lipinski definition) is 0. The Labute approximate surface area is 139 Å². The molecule has 0 unspecified atom stereocenters. The zero-order valence-electron chi connectivity index (χ0n) is 13.7. The Morgan fingerprint density at radius 1 is 1.04 bits per heavy atom. The van der Waals surface area contributed by atoms with Crippen LogP contribution in [-0.4, -0.2) is 78.0 Å². The summed E-state index contributed by atoms with van der Waals surface area (Å²) in [5, 5.41) is 0. The van der Waals surface area contributed by atoms with Crippen LogP contribution in [0.1, 0.15) is 32.1 Å². The maximum atomic E-state index is 12.5. The fraction of sp³-hybridized carbons (Fsp3) is 0.875. The van der Waals surface area contributed by atoms with Crippen LogP contribution in [0.4, 0.5) is 13.2 Å². The van der Waals surface area contributed by atoms with Crippen molar-refractivity contribution in [3.8, 4) is 0 Å². The minimum Gasteiger partial charge on any atom is -0.342 e. The van der Waals surface area contributed by atoms with Crippen molar-refractivity contribution in [3.63, 3.8) is 0 Å². The van der Waals surface area contributed by atoms with Crippen molar-refractivity contribution in [1.82, 2.24) is 14.7 Å².